The normalized spacial score (nSPS) is 12.4. The summed E-state index contributed by atoms with van der Waals surface area (Å²) in [5.74, 6) is -0.699. The van der Waals surface area contributed by atoms with Crippen LogP contribution in [0, 0.1) is 5.82 Å². The maximum absolute atomic E-state index is 13.3. The van der Waals surface area contributed by atoms with Crippen LogP contribution in [0.2, 0.25) is 0 Å². The average molecular weight is 392 g/mol. The second-order valence-corrected chi connectivity index (χ2v) is 7.21. The van der Waals surface area contributed by atoms with E-state index in [4.69, 9.17) is 0 Å². The Morgan fingerprint density at radius 3 is 2.50 bits per heavy atom. The van der Waals surface area contributed by atoms with Crippen LogP contribution in [0.5, 0.6) is 0 Å². The van der Waals surface area contributed by atoms with Crippen molar-refractivity contribution in [3.8, 4) is 0 Å². The van der Waals surface area contributed by atoms with E-state index in [2.05, 4.69) is 10.3 Å². The summed E-state index contributed by atoms with van der Waals surface area (Å²) in [4.78, 5) is 15.6. The molecule has 3 rings (SSSR count). The summed E-state index contributed by atoms with van der Waals surface area (Å²) in [6, 6.07) is 9.25. The third-order valence-electron chi connectivity index (χ3n) is 4.89. The van der Waals surface area contributed by atoms with Crippen molar-refractivity contribution in [2.75, 3.05) is 6.54 Å². The fourth-order valence-electron chi connectivity index (χ4n) is 3.11. The highest BCUT2D eigenvalue weighted by molar-refractivity contribution is 5.87. The van der Waals surface area contributed by atoms with Crippen molar-refractivity contribution >= 4 is 16.8 Å². The molecule has 1 aromatic heterocycles. The number of aromatic nitrogens is 1. The van der Waals surface area contributed by atoms with Gasteiger partial charge in [-0.2, -0.15) is 13.2 Å². The van der Waals surface area contributed by atoms with Crippen LogP contribution in [0.25, 0.3) is 10.9 Å². The van der Waals surface area contributed by atoms with Crippen molar-refractivity contribution in [2.45, 2.75) is 31.9 Å². The first-order valence-electron chi connectivity index (χ1n) is 8.80. The van der Waals surface area contributed by atoms with Crippen LogP contribution in [0.15, 0.2) is 48.7 Å². The Bertz CT molecular complexity index is 1010. The minimum atomic E-state index is -4.46. The number of H-pyrrole nitrogens is 1. The van der Waals surface area contributed by atoms with E-state index in [1.807, 2.05) is 0 Å². The van der Waals surface area contributed by atoms with Gasteiger partial charge in [-0.1, -0.05) is 18.2 Å². The van der Waals surface area contributed by atoms with Gasteiger partial charge in [0.1, 0.15) is 5.82 Å². The van der Waals surface area contributed by atoms with Crippen LogP contribution < -0.4 is 5.32 Å². The van der Waals surface area contributed by atoms with Gasteiger partial charge in [0, 0.05) is 23.6 Å². The summed E-state index contributed by atoms with van der Waals surface area (Å²) in [5.41, 5.74) is -0.0120. The molecule has 0 aliphatic rings. The van der Waals surface area contributed by atoms with Gasteiger partial charge in [-0.3, -0.25) is 4.79 Å². The predicted octanol–water partition coefficient (Wildman–Crippen LogP) is 4.96. The lowest BCUT2D eigenvalue weighted by molar-refractivity contribution is -0.137. The van der Waals surface area contributed by atoms with Crippen LogP contribution in [0.1, 0.15) is 30.5 Å². The van der Waals surface area contributed by atoms with E-state index in [1.165, 1.54) is 24.3 Å². The molecule has 2 aromatic carbocycles. The number of hydrogen-bond donors (Lipinski definition) is 2. The second-order valence-electron chi connectivity index (χ2n) is 7.21. The Kier molecular flexibility index (Phi) is 5.19. The quantitative estimate of drug-likeness (QED) is 0.592. The first-order valence-corrected chi connectivity index (χ1v) is 8.80. The molecule has 0 aliphatic carbocycles. The van der Waals surface area contributed by atoms with Crippen LogP contribution in [0.3, 0.4) is 0 Å². The molecule has 3 nitrogen and oxygen atoms in total. The third kappa shape index (κ3) is 4.03. The fourth-order valence-corrected chi connectivity index (χ4v) is 3.11. The average Bonchev–Trinajstić information content (AvgIpc) is 3.03. The largest absolute Gasteiger partial charge is 0.416 e. The van der Waals surface area contributed by atoms with Crippen molar-refractivity contribution in [3.05, 3.63) is 71.2 Å². The van der Waals surface area contributed by atoms with Crippen LogP contribution >= 0.6 is 0 Å². The molecule has 2 N–H and O–H groups in total. The standard InChI is InChI=1S/C21H20F4N2O/c1-20(2,14-4-3-5-15(10-14)21(23,24)25)19(28)26-9-8-13-12-27-18-11-16(22)6-7-17(13)18/h3-7,10-12,27H,8-9H2,1-2H3,(H,26,28). The number of carbonyl (C=O) groups excluding carboxylic acids is 1. The van der Waals surface area contributed by atoms with Gasteiger partial charge in [-0.25, -0.2) is 4.39 Å². The number of alkyl halides is 3. The number of aromatic amines is 1. The van der Waals surface area contributed by atoms with Crippen LogP contribution in [-0.2, 0) is 22.8 Å². The van der Waals surface area contributed by atoms with E-state index in [9.17, 15) is 22.4 Å². The molecule has 28 heavy (non-hydrogen) atoms. The second kappa shape index (κ2) is 7.30. The monoisotopic (exact) mass is 392 g/mol. The number of nitrogens with one attached hydrogen (secondary N) is 2. The van der Waals surface area contributed by atoms with Crippen molar-refractivity contribution in [1.82, 2.24) is 10.3 Å². The number of halogens is 4. The van der Waals surface area contributed by atoms with Crippen LogP contribution in [-0.4, -0.2) is 17.4 Å². The molecule has 0 saturated carbocycles. The van der Waals surface area contributed by atoms with Gasteiger partial charge in [0.15, 0.2) is 0 Å². The van der Waals surface area contributed by atoms with Gasteiger partial charge in [0.25, 0.3) is 0 Å². The highest BCUT2D eigenvalue weighted by atomic mass is 19.4. The Balaban J connectivity index is 1.68. The van der Waals surface area contributed by atoms with Crippen molar-refractivity contribution in [2.24, 2.45) is 0 Å². The zero-order valence-electron chi connectivity index (χ0n) is 15.5. The first-order chi connectivity index (χ1) is 13.1. The molecule has 1 heterocycles. The molecule has 148 valence electrons. The molecule has 0 spiro atoms. The van der Waals surface area contributed by atoms with Crippen molar-refractivity contribution in [1.29, 1.82) is 0 Å². The molecule has 0 unspecified atom stereocenters. The maximum atomic E-state index is 13.3. The molecule has 3 aromatic rings. The zero-order valence-corrected chi connectivity index (χ0v) is 15.5. The minimum absolute atomic E-state index is 0.294. The van der Waals surface area contributed by atoms with Gasteiger partial charge in [0.2, 0.25) is 5.91 Å². The smallest absolute Gasteiger partial charge is 0.361 e. The lowest BCUT2D eigenvalue weighted by Crippen LogP contribution is -2.41. The summed E-state index contributed by atoms with van der Waals surface area (Å²) in [7, 11) is 0. The van der Waals surface area contributed by atoms with E-state index < -0.39 is 17.2 Å². The SMILES string of the molecule is CC(C)(C(=O)NCCc1c[nH]c2cc(F)ccc12)c1cccc(C(F)(F)F)c1. The van der Waals surface area contributed by atoms with E-state index in [0.717, 1.165) is 23.1 Å². The van der Waals surface area contributed by atoms with Gasteiger partial charge < -0.3 is 10.3 Å². The molecule has 1 amide bonds. The van der Waals surface area contributed by atoms with Gasteiger partial charge >= 0.3 is 6.18 Å². The molecule has 0 atom stereocenters. The lowest BCUT2D eigenvalue weighted by atomic mass is 9.83. The molecular formula is C21H20F4N2O. The number of hydrogen-bond acceptors (Lipinski definition) is 1. The van der Waals surface area contributed by atoms with Gasteiger partial charge in [-0.05, 0) is 55.7 Å². The maximum Gasteiger partial charge on any atom is 0.416 e. The van der Waals surface area contributed by atoms with E-state index in [-0.39, 0.29) is 11.7 Å². The summed E-state index contributed by atoms with van der Waals surface area (Å²) in [6.45, 7) is 3.49. The van der Waals surface area contributed by atoms with Gasteiger partial charge in [-0.15, -0.1) is 0 Å². The third-order valence-corrected chi connectivity index (χ3v) is 4.89. The van der Waals surface area contributed by atoms with Crippen molar-refractivity contribution < 1.29 is 22.4 Å². The van der Waals surface area contributed by atoms with Crippen molar-refractivity contribution in [3.63, 3.8) is 0 Å². The molecule has 7 heteroatoms. The highest BCUT2D eigenvalue weighted by Gasteiger charge is 2.34. The van der Waals surface area contributed by atoms with Crippen LogP contribution in [0.4, 0.5) is 17.6 Å². The topological polar surface area (TPSA) is 44.9 Å². The summed E-state index contributed by atoms with van der Waals surface area (Å²) in [5, 5.41) is 3.65. The molecular weight excluding hydrogens is 372 g/mol. The summed E-state index contributed by atoms with van der Waals surface area (Å²) in [6.07, 6.45) is -2.19. The zero-order chi connectivity index (χ0) is 20.5. The number of amides is 1. The first kappa shape index (κ1) is 19.9. The Morgan fingerprint density at radius 2 is 1.79 bits per heavy atom. The fraction of sp³-hybridized carbons (Fsp3) is 0.286. The van der Waals surface area contributed by atoms with Gasteiger partial charge in [0.05, 0.1) is 11.0 Å². The number of carbonyl (C=O) groups is 1. The molecule has 0 bridgehead atoms. The van der Waals surface area contributed by atoms with E-state index >= 15 is 0 Å². The summed E-state index contributed by atoms with van der Waals surface area (Å²) < 4.78 is 52.1. The minimum Gasteiger partial charge on any atom is -0.361 e. The molecule has 0 radical (unpaired) electrons. The lowest BCUT2D eigenvalue weighted by Gasteiger charge is -2.25. The molecule has 0 fully saturated rings. The molecule has 0 aliphatic heterocycles. The van der Waals surface area contributed by atoms with E-state index in [1.54, 1.807) is 26.1 Å². The predicted molar refractivity (Wildman–Crippen MR) is 99.4 cm³/mol. The van der Waals surface area contributed by atoms with E-state index in [0.29, 0.717) is 24.0 Å². The molecule has 0 saturated heterocycles. The number of fused-ring (bicyclic) bond motifs is 1. The number of rotatable bonds is 5. The Hall–Kier alpha value is -2.83. The highest BCUT2D eigenvalue weighted by Crippen LogP contribution is 2.33. The summed E-state index contributed by atoms with van der Waals surface area (Å²) >= 11 is 0. The number of benzene rings is 2. The Labute approximate surface area is 159 Å². The Morgan fingerprint density at radius 1 is 1.07 bits per heavy atom.